The summed E-state index contributed by atoms with van der Waals surface area (Å²) in [7, 11) is 2.02. The summed E-state index contributed by atoms with van der Waals surface area (Å²) in [5.41, 5.74) is 1.11. The van der Waals surface area contributed by atoms with Crippen LogP contribution in [0.25, 0.3) is 0 Å². The number of halogens is 1. The minimum Gasteiger partial charge on any atom is -0.360 e. The third-order valence-electron chi connectivity index (χ3n) is 3.64. The second kappa shape index (κ2) is 7.11. The summed E-state index contributed by atoms with van der Waals surface area (Å²) in [6.07, 6.45) is 6.46. The summed E-state index contributed by atoms with van der Waals surface area (Å²) in [5, 5.41) is 5.10. The molecule has 0 radical (unpaired) electrons. The van der Waals surface area contributed by atoms with Gasteiger partial charge in [0.25, 0.3) is 0 Å². The second-order valence-electron chi connectivity index (χ2n) is 5.23. The first-order chi connectivity index (χ1) is 9.16. The lowest BCUT2D eigenvalue weighted by atomic mass is 9.96. The zero-order valence-electron chi connectivity index (χ0n) is 11.4. The molecule has 1 aromatic rings. The zero-order valence-corrected chi connectivity index (χ0v) is 12.9. The van der Waals surface area contributed by atoms with Crippen molar-refractivity contribution in [2.24, 2.45) is 0 Å². The van der Waals surface area contributed by atoms with Crippen molar-refractivity contribution in [2.45, 2.75) is 44.7 Å². The molecular weight excluding hydrogens is 276 g/mol. The SMILES string of the molecule is CN(Cc1ccccc1Cl)C(=S)NC1CCCCC1. The fraction of sp³-hybridized carbons (Fsp3) is 0.533. The molecule has 1 aromatic carbocycles. The van der Waals surface area contributed by atoms with Crippen LogP contribution in [0.5, 0.6) is 0 Å². The maximum absolute atomic E-state index is 6.17. The molecule has 1 saturated carbocycles. The molecule has 0 heterocycles. The summed E-state index contributed by atoms with van der Waals surface area (Å²) >= 11 is 11.6. The molecule has 1 N–H and O–H groups in total. The van der Waals surface area contributed by atoms with Gasteiger partial charge < -0.3 is 10.2 Å². The average Bonchev–Trinajstić information content (AvgIpc) is 2.42. The summed E-state index contributed by atoms with van der Waals surface area (Å²) in [5.74, 6) is 0. The van der Waals surface area contributed by atoms with Gasteiger partial charge in [0.2, 0.25) is 0 Å². The molecule has 1 aliphatic rings. The molecule has 0 unspecified atom stereocenters. The minimum atomic E-state index is 0.551. The van der Waals surface area contributed by atoms with Crippen molar-refractivity contribution >= 4 is 28.9 Å². The van der Waals surface area contributed by atoms with Crippen LogP contribution in [-0.2, 0) is 6.54 Å². The van der Waals surface area contributed by atoms with Gasteiger partial charge in [-0.25, -0.2) is 0 Å². The molecule has 0 spiro atoms. The lowest BCUT2D eigenvalue weighted by Gasteiger charge is -2.28. The zero-order chi connectivity index (χ0) is 13.7. The molecule has 2 nitrogen and oxygen atoms in total. The highest BCUT2D eigenvalue weighted by Crippen LogP contribution is 2.19. The molecule has 4 heteroatoms. The van der Waals surface area contributed by atoms with E-state index < -0.39 is 0 Å². The van der Waals surface area contributed by atoms with Crippen LogP contribution < -0.4 is 5.32 Å². The maximum atomic E-state index is 6.17. The number of benzene rings is 1. The Bertz CT molecular complexity index is 430. The van der Waals surface area contributed by atoms with Gasteiger partial charge in [-0.3, -0.25) is 0 Å². The van der Waals surface area contributed by atoms with Gasteiger partial charge in [0.05, 0.1) is 0 Å². The van der Waals surface area contributed by atoms with Crippen molar-refractivity contribution in [3.63, 3.8) is 0 Å². The maximum Gasteiger partial charge on any atom is 0.169 e. The normalized spacial score (nSPS) is 16.1. The highest BCUT2D eigenvalue weighted by molar-refractivity contribution is 7.80. The summed E-state index contributed by atoms with van der Waals surface area (Å²) in [4.78, 5) is 2.06. The van der Waals surface area contributed by atoms with Gasteiger partial charge in [0.1, 0.15) is 0 Å². The minimum absolute atomic E-state index is 0.551. The lowest BCUT2D eigenvalue weighted by Crippen LogP contribution is -2.43. The molecule has 0 saturated heterocycles. The van der Waals surface area contributed by atoms with Crippen molar-refractivity contribution in [1.82, 2.24) is 10.2 Å². The molecule has 19 heavy (non-hydrogen) atoms. The fourth-order valence-corrected chi connectivity index (χ4v) is 2.91. The van der Waals surface area contributed by atoms with Gasteiger partial charge in [-0.15, -0.1) is 0 Å². The number of nitrogens with zero attached hydrogens (tertiary/aromatic N) is 1. The monoisotopic (exact) mass is 296 g/mol. The first-order valence-corrected chi connectivity index (χ1v) is 7.70. The van der Waals surface area contributed by atoms with Crippen molar-refractivity contribution in [3.05, 3.63) is 34.9 Å². The third kappa shape index (κ3) is 4.36. The van der Waals surface area contributed by atoms with Crippen LogP contribution in [0.2, 0.25) is 5.02 Å². The van der Waals surface area contributed by atoms with Gasteiger partial charge in [-0.2, -0.15) is 0 Å². The van der Waals surface area contributed by atoms with E-state index in [2.05, 4.69) is 10.2 Å². The third-order valence-corrected chi connectivity index (χ3v) is 4.44. The summed E-state index contributed by atoms with van der Waals surface area (Å²) in [6, 6.07) is 8.47. The van der Waals surface area contributed by atoms with Crippen molar-refractivity contribution in [2.75, 3.05) is 7.05 Å². The van der Waals surface area contributed by atoms with Gasteiger partial charge in [-0.1, -0.05) is 49.1 Å². The van der Waals surface area contributed by atoms with Crippen molar-refractivity contribution < 1.29 is 0 Å². The van der Waals surface area contributed by atoms with Crippen LogP contribution in [0.1, 0.15) is 37.7 Å². The molecule has 0 aromatic heterocycles. The van der Waals surface area contributed by atoms with Gasteiger partial charge in [0, 0.05) is 24.7 Å². The Balaban J connectivity index is 1.87. The van der Waals surface area contributed by atoms with Crippen LogP contribution in [0, 0.1) is 0 Å². The first-order valence-electron chi connectivity index (χ1n) is 6.92. The van der Waals surface area contributed by atoms with Crippen LogP contribution in [0.4, 0.5) is 0 Å². The Morgan fingerprint density at radius 1 is 1.32 bits per heavy atom. The Morgan fingerprint density at radius 3 is 2.68 bits per heavy atom. The van der Waals surface area contributed by atoms with Gasteiger partial charge in [0.15, 0.2) is 5.11 Å². The molecular formula is C15H21ClN2S. The number of hydrogen-bond acceptors (Lipinski definition) is 1. The average molecular weight is 297 g/mol. The Labute approximate surface area is 126 Å². The number of thiocarbonyl (C=S) groups is 1. The highest BCUT2D eigenvalue weighted by atomic mass is 35.5. The Kier molecular flexibility index (Phi) is 5.46. The highest BCUT2D eigenvalue weighted by Gasteiger charge is 2.16. The van der Waals surface area contributed by atoms with Crippen LogP contribution >= 0.6 is 23.8 Å². The standard InChI is InChI=1S/C15H21ClN2S/c1-18(11-12-7-5-6-10-14(12)16)15(19)17-13-8-3-2-4-9-13/h5-7,10,13H,2-4,8-9,11H2,1H3,(H,17,19). The van der Waals surface area contributed by atoms with E-state index in [0.717, 1.165) is 22.2 Å². The van der Waals surface area contributed by atoms with Crippen LogP contribution in [-0.4, -0.2) is 23.1 Å². The molecule has 1 fully saturated rings. The molecule has 1 aliphatic carbocycles. The number of nitrogens with one attached hydrogen (secondary N) is 1. The van der Waals surface area contributed by atoms with Crippen molar-refractivity contribution in [3.8, 4) is 0 Å². The molecule has 0 amide bonds. The van der Waals surface area contributed by atoms with Gasteiger partial charge >= 0.3 is 0 Å². The van der Waals surface area contributed by atoms with E-state index in [4.69, 9.17) is 23.8 Å². The van der Waals surface area contributed by atoms with E-state index in [1.807, 2.05) is 31.3 Å². The fourth-order valence-electron chi connectivity index (χ4n) is 2.49. The molecule has 2 rings (SSSR count). The predicted octanol–water partition coefficient (Wildman–Crippen LogP) is 3.98. The van der Waals surface area contributed by atoms with Gasteiger partial charge in [-0.05, 0) is 36.7 Å². The van der Waals surface area contributed by atoms with Crippen LogP contribution in [0.3, 0.4) is 0 Å². The smallest absolute Gasteiger partial charge is 0.169 e. The van der Waals surface area contributed by atoms with E-state index >= 15 is 0 Å². The van der Waals surface area contributed by atoms with E-state index in [9.17, 15) is 0 Å². The van der Waals surface area contributed by atoms with E-state index in [1.165, 1.54) is 32.1 Å². The van der Waals surface area contributed by atoms with E-state index in [0.29, 0.717) is 6.04 Å². The second-order valence-corrected chi connectivity index (χ2v) is 6.03. The largest absolute Gasteiger partial charge is 0.360 e. The summed E-state index contributed by atoms with van der Waals surface area (Å²) in [6.45, 7) is 0.748. The first kappa shape index (κ1) is 14.6. The van der Waals surface area contributed by atoms with E-state index in [-0.39, 0.29) is 0 Å². The molecule has 0 bridgehead atoms. The lowest BCUT2D eigenvalue weighted by molar-refractivity contribution is 0.392. The predicted molar refractivity (Wildman–Crippen MR) is 85.5 cm³/mol. The Hall–Kier alpha value is -0.800. The van der Waals surface area contributed by atoms with Crippen LogP contribution in [0.15, 0.2) is 24.3 Å². The molecule has 104 valence electrons. The van der Waals surface area contributed by atoms with Crippen molar-refractivity contribution in [1.29, 1.82) is 0 Å². The Morgan fingerprint density at radius 2 is 2.00 bits per heavy atom. The quantitative estimate of drug-likeness (QED) is 0.850. The summed E-state index contributed by atoms with van der Waals surface area (Å²) < 4.78 is 0. The van der Waals surface area contributed by atoms with E-state index in [1.54, 1.807) is 0 Å². The number of hydrogen-bond donors (Lipinski definition) is 1. The topological polar surface area (TPSA) is 15.3 Å². The number of rotatable bonds is 3. The molecule has 0 aliphatic heterocycles. The molecule has 0 atom stereocenters.